The largest absolute Gasteiger partial charge is 0.462 e. The molecule has 0 aliphatic heterocycles. The molecule has 100 valence electrons. The van der Waals surface area contributed by atoms with Crippen LogP contribution in [0.5, 0.6) is 0 Å². The van der Waals surface area contributed by atoms with Gasteiger partial charge < -0.3 is 10.1 Å². The third kappa shape index (κ3) is 3.15. The summed E-state index contributed by atoms with van der Waals surface area (Å²) < 4.78 is 8.56. The van der Waals surface area contributed by atoms with Crippen LogP contribution in [0.25, 0.3) is 0 Å². The second kappa shape index (κ2) is 5.89. The van der Waals surface area contributed by atoms with Crippen molar-refractivity contribution in [1.82, 2.24) is 9.59 Å². The van der Waals surface area contributed by atoms with Crippen LogP contribution in [0, 0.1) is 6.92 Å². The highest BCUT2D eigenvalue weighted by atomic mass is 32.1. The lowest BCUT2D eigenvalue weighted by Gasteiger charge is -1.99. The highest BCUT2D eigenvalue weighted by Gasteiger charge is 2.17. The molecule has 0 unspecified atom stereocenters. The van der Waals surface area contributed by atoms with Gasteiger partial charge in [0.05, 0.1) is 11.6 Å². The van der Waals surface area contributed by atoms with Crippen molar-refractivity contribution in [1.29, 1.82) is 0 Å². The zero-order chi connectivity index (χ0) is 13.8. The zero-order valence-corrected chi connectivity index (χ0v) is 11.9. The van der Waals surface area contributed by atoms with Crippen LogP contribution in [0.4, 0.5) is 5.00 Å². The minimum absolute atomic E-state index is 0.258. The number of thiophene rings is 1. The summed E-state index contributed by atoms with van der Waals surface area (Å²) in [7, 11) is 0. The monoisotopic (exact) mass is 297 g/mol. The fourth-order valence-corrected chi connectivity index (χ4v) is 2.78. The van der Waals surface area contributed by atoms with E-state index in [1.807, 2.05) is 0 Å². The number of esters is 1. The van der Waals surface area contributed by atoms with E-state index in [1.54, 1.807) is 25.3 Å². The Morgan fingerprint density at radius 3 is 2.89 bits per heavy atom. The smallest absolute Gasteiger partial charge is 0.348 e. The molecule has 0 saturated heterocycles. The van der Waals surface area contributed by atoms with Gasteiger partial charge in [-0.2, -0.15) is 0 Å². The third-order valence-electron chi connectivity index (χ3n) is 2.21. The van der Waals surface area contributed by atoms with E-state index in [0.717, 1.165) is 17.1 Å². The molecule has 0 fully saturated rings. The third-order valence-corrected chi connectivity index (χ3v) is 3.85. The van der Waals surface area contributed by atoms with Crippen LogP contribution < -0.4 is 5.32 Å². The van der Waals surface area contributed by atoms with Crippen LogP contribution >= 0.6 is 22.9 Å². The highest BCUT2D eigenvalue weighted by Crippen LogP contribution is 2.27. The number of aryl methyl sites for hydroxylation is 1. The Morgan fingerprint density at radius 1 is 1.47 bits per heavy atom. The number of amides is 1. The molecular weight excluding hydrogens is 286 g/mol. The highest BCUT2D eigenvalue weighted by molar-refractivity contribution is 7.18. The van der Waals surface area contributed by atoms with E-state index < -0.39 is 0 Å². The molecule has 19 heavy (non-hydrogen) atoms. The Balaban J connectivity index is 2.12. The summed E-state index contributed by atoms with van der Waals surface area (Å²) in [4.78, 5) is 23.9. The molecule has 0 spiro atoms. The van der Waals surface area contributed by atoms with Crippen molar-refractivity contribution < 1.29 is 14.3 Å². The Kier molecular flexibility index (Phi) is 4.23. The normalized spacial score (nSPS) is 10.2. The van der Waals surface area contributed by atoms with E-state index in [-0.39, 0.29) is 17.6 Å². The fourth-order valence-electron chi connectivity index (χ4n) is 1.38. The molecule has 0 radical (unpaired) electrons. The summed E-state index contributed by atoms with van der Waals surface area (Å²) in [5, 5.41) is 8.49. The first-order valence-corrected chi connectivity index (χ1v) is 7.13. The summed E-state index contributed by atoms with van der Waals surface area (Å²) in [6.07, 6.45) is 0. The number of carbonyl (C=O) groups is 2. The first-order valence-electron chi connectivity index (χ1n) is 5.47. The van der Waals surface area contributed by atoms with Gasteiger partial charge in [-0.05, 0) is 37.0 Å². The maximum absolute atomic E-state index is 11.8. The second-order valence-corrected chi connectivity index (χ2v) is 5.25. The van der Waals surface area contributed by atoms with Crippen molar-refractivity contribution in [3.63, 3.8) is 0 Å². The lowest BCUT2D eigenvalue weighted by molar-refractivity contribution is 0.0531. The molecule has 2 rings (SSSR count). The number of anilines is 1. The van der Waals surface area contributed by atoms with Crippen molar-refractivity contribution in [2.75, 3.05) is 11.9 Å². The van der Waals surface area contributed by atoms with Crippen molar-refractivity contribution >= 4 is 39.7 Å². The first kappa shape index (κ1) is 13.6. The minimum atomic E-state index is -0.374. The maximum Gasteiger partial charge on any atom is 0.348 e. The summed E-state index contributed by atoms with van der Waals surface area (Å²) in [6, 6.07) is 1.73. The average molecular weight is 297 g/mol. The molecule has 2 heterocycles. The van der Waals surface area contributed by atoms with Crippen molar-refractivity contribution in [2.24, 2.45) is 0 Å². The second-order valence-electron chi connectivity index (χ2n) is 3.59. The van der Waals surface area contributed by atoms with Crippen molar-refractivity contribution in [2.45, 2.75) is 13.8 Å². The summed E-state index contributed by atoms with van der Waals surface area (Å²) in [5.41, 5.74) is 1.03. The number of nitrogens with one attached hydrogen (secondary N) is 1. The number of ether oxygens (including phenoxy) is 1. The molecule has 8 heteroatoms. The molecule has 1 N–H and O–H groups in total. The summed E-state index contributed by atoms with van der Waals surface area (Å²) in [6.45, 7) is 3.87. The Labute approximate surface area is 117 Å². The van der Waals surface area contributed by atoms with E-state index in [2.05, 4.69) is 14.9 Å². The SMILES string of the molecule is CCOC(=O)c1sc(NC(=O)c2csnn2)cc1C. The van der Waals surface area contributed by atoms with Crippen molar-refractivity contribution in [3.05, 3.63) is 27.6 Å². The van der Waals surface area contributed by atoms with Gasteiger partial charge in [0.1, 0.15) is 4.88 Å². The van der Waals surface area contributed by atoms with Gasteiger partial charge in [0, 0.05) is 5.38 Å². The van der Waals surface area contributed by atoms with Crippen LogP contribution in [-0.4, -0.2) is 28.1 Å². The molecule has 0 bridgehead atoms. The zero-order valence-electron chi connectivity index (χ0n) is 10.3. The Hall–Kier alpha value is -1.80. The van der Waals surface area contributed by atoms with Gasteiger partial charge in [0.25, 0.3) is 5.91 Å². The number of rotatable bonds is 4. The van der Waals surface area contributed by atoms with Crippen LogP contribution in [0.2, 0.25) is 0 Å². The fraction of sp³-hybridized carbons (Fsp3) is 0.273. The number of hydrogen-bond acceptors (Lipinski definition) is 7. The van der Waals surface area contributed by atoms with Gasteiger partial charge in [0.2, 0.25) is 0 Å². The van der Waals surface area contributed by atoms with E-state index in [9.17, 15) is 9.59 Å². The topological polar surface area (TPSA) is 81.2 Å². The maximum atomic E-state index is 11.8. The lowest BCUT2D eigenvalue weighted by Crippen LogP contribution is -2.11. The number of aromatic nitrogens is 2. The van der Waals surface area contributed by atoms with Gasteiger partial charge in [-0.1, -0.05) is 4.49 Å². The van der Waals surface area contributed by atoms with E-state index in [4.69, 9.17) is 4.74 Å². The molecule has 0 aromatic carbocycles. The number of hydrogen-bond donors (Lipinski definition) is 1. The van der Waals surface area contributed by atoms with Crippen LogP contribution in [0.15, 0.2) is 11.4 Å². The van der Waals surface area contributed by atoms with Gasteiger partial charge in [-0.15, -0.1) is 16.4 Å². The minimum Gasteiger partial charge on any atom is -0.462 e. The van der Waals surface area contributed by atoms with Crippen LogP contribution in [-0.2, 0) is 4.74 Å². The predicted molar refractivity (Wildman–Crippen MR) is 72.9 cm³/mol. The lowest BCUT2D eigenvalue weighted by atomic mass is 10.3. The standard InChI is InChI=1S/C11H11N3O3S2/c1-3-17-11(16)9-6(2)4-8(19-9)12-10(15)7-5-18-14-13-7/h4-5H,3H2,1-2H3,(H,12,15). The molecular formula is C11H11N3O3S2. The van der Waals surface area contributed by atoms with E-state index in [1.165, 1.54) is 11.3 Å². The van der Waals surface area contributed by atoms with Gasteiger partial charge >= 0.3 is 5.97 Å². The van der Waals surface area contributed by atoms with E-state index in [0.29, 0.717) is 16.5 Å². The van der Waals surface area contributed by atoms with Gasteiger partial charge in [-0.25, -0.2) is 4.79 Å². The molecule has 2 aromatic rings. The summed E-state index contributed by atoms with van der Waals surface area (Å²) in [5.74, 6) is -0.716. The molecule has 6 nitrogen and oxygen atoms in total. The van der Waals surface area contributed by atoms with Gasteiger partial charge in [-0.3, -0.25) is 4.79 Å². The molecule has 0 saturated carbocycles. The number of nitrogens with zero attached hydrogens (tertiary/aromatic N) is 2. The molecule has 0 aliphatic rings. The predicted octanol–water partition coefficient (Wildman–Crippen LogP) is 2.34. The first-order chi connectivity index (χ1) is 9.11. The Morgan fingerprint density at radius 2 is 2.26 bits per heavy atom. The molecule has 0 atom stereocenters. The summed E-state index contributed by atoms with van der Waals surface area (Å²) >= 11 is 2.29. The molecule has 1 amide bonds. The molecule has 0 aliphatic carbocycles. The van der Waals surface area contributed by atoms with E-state index >= 15 is 0 Å². The average Bonchev–Trinajstić information content (AvgIpc) is 2.99. The van der Waals surface area contributed by atoms with Gasteiger partial charge in [0.15, 0.2) is 5.69 Å². The van der Waals surface area contributed by atoms with Crippen LogP contribution in [0.1, 0.15) is 32.6 Å². The molecule has 2 aromatic heterocycles. The Bertz CT molecular complexity index is 592. The van der Waals surface area contributed by atoms with Crippen LogP contribution in [0.3, 0.4) is 0 Å². The quantitative estimate of drug-likeness (QED) is 0.876. The number of carbonyl (C=O) groups excluding carboxylic acids is 2. The van der Waals surface area contributed by atoms with Crippen molar-refractivity contribution in [3.8, 4) is 0 Å².